The molecule has 0 aliphatic rings. The number of nitrogens with one attached hydrogen (secondary N) is 1. The van der Waals surface area contributed by atoms with Crippen LogP contribution in [-0.2, 0) is 11.4 Å². The number of hydrogen-bond donors (Lipinski definition) is 1. The summed E-state index contributed by atoms with van der Waals surface area (Å²) in [6.07, 6.45) is 0. The van der Waals surface area contributed by atoms with E-state index in [1.165, 1.54) is 12.1 Å². The molecule has 6 nitrogen and oxygen atoms in total. The lowest BCUT2D eigenvalue weighted by Crippen LogP contribution is -2.14. The van der Waals surface area contributed by atoms with Gasteiger partial charge in [0.05, 0.1) is 21.5 Å². The number of carbonyl (C=O) groups is 1. The third kappa shape index (κ3) is 5.79. The smallest absolute Gasteiger partial charge is 0.277 e. The van der Waals surface area contributed by atoms with E-state index in [-0.39, 0.29) is 33.5 Å². The molecule has 0 aliphatic carbocycles. The molecule has 1 amide bonds. The SMILES string of the molecule is Cc1cccc(OCc2nnc(SCC(=O)Nc3c(Cl)cc(Cl)cc3Cl)o2)c1C. The summed E-state index contributed by atoms with van der Waals surface area (Å²) in [5.74, 6) is 0.785. The van der Waals surface area contributed by atoms with Gasteiger partial charge >= 0.3 is 0 Å². The highest BCUT2D eigenvalue weighted by molar-refractivity contribution is 7.99. The van der Waals surface area contributed by atoms with Crippen molar-refractivity contribution >= 4 is 58.2 Å². The lowest BCUT2D eigenvalue weighted by Gasteiger charge is -2.09. The van der Waals surface area contributed by atoms with Crippen LogP contribution in [0.3, 0.4) is 0 Å². The number of amides is 1. The van der Waals surface area contributed by atoms with E-state index in [0.717, 1.165) is 28.6 Å². The van der Waals surface area contributed by atoms with Crippen molar-refractivity contribution in [3.05, 3.63) is 62.4 Å². The molecule has 3 aromatic rings. The summed E-state index contributed by atoms with van der Waals surface area (Å²) in [5, 5.41) is 11.6. The molecule has 1 aromatic heterocycles. The average molecular weight is 473 g/mol. The third-order valence-electron chi connectivity index (χ3n) is 3.95. The number of hydrogen-bond acceptors (Lipinski definition) is 6. The Morgan fingerprint density at radius 1 is 1.17 bits per heavy atom. The van der Waals surface area contributed by atoms with Crippen molar-refractivity contribution in [1.82, 2.24) is 10.2 Å². The van der Waals surface area contributed by atoms with Gasteiger partial charge in [0.15, 0.2) is 6.61 Å². The van der Waals surface area contributed by atoms with Gasteiger partial charge in [-0.25, -0.2) is 0 Å². The second kappa shape index (κ2) is 9.71. The molecule has 0 aliphatic heterocycles. The summed E-state index contributed by atoms with van der Waals surface area (Å²) in [5.41, 5.74) is 2.49. The first-order chi connectivity index (χ1) is 13.8. The van der Waals surface area contributed by atoms with Crippen LogP contribution in [0.4, 0.5) is 5.69 Å². The van der Waals surface area contributed by atoms with Gasteiger partial charge < -0.3 is 14.5 Å². The summed E-state index contributed by atoms with van der Waals surface area (Å²) >= 11 is 19.1. The first-order valence-corrected chi connectivity index (χ1v) is 10.5. The zero-order valence-electron chi connectivity index (χ0n) is 15.5. The Bertz CT molecular complexity index is 1020. The fourth-order valence-corrected chi connectivity index (χ4v) is 3.83. The molecule has 0 unspecified atom stereocenters. The molecule has 0 saturated heterocycles. The molecule has 152 valence electrons. The molecule has 0 bridgehead atoms. The number of aromatic nitrogens is 2. The van der Waals surface area contributed by atoms with Crippen LogP contribution in [-0.4, -0.2) is 21.9 Å². The maximum absolute atomic E-state index is 12.2. The monoisotopic (exact) mass is 471 g/mol. The van der Waals surface area contributed by atoms with Gasteiger partial charge in [-0.2, -0.15) is 0 Å². The van der Waals surface area contributed by atoms with Gasteiger partial charge in [0, 0.05) is 5.02 Å². The number of nitrogens with zero attached hydrogens (tertiary/aromatic N) is 2. The predicted molar refractivity (Wildman–Crippen MR) is 115 cm³/mol. The van der Waals surface area contributed by atoms with Crippen LogP contribution >= 0.6 is 46.6 Å². The van der Waals surface area contributed by atoms with E-state index in [4.69, 9.17) is 44.0 Å². The molecule has 0 spiro atoms. The number of halogens is 3. The van der Waals surface area contributed by atoms with Gasteiger partial charge in [-0.3, -0.25) is 4.79 Å². The average Bonchev–Trinajstić information content (AvgIpc) is 3.12. The van der Waals surface area contributed by atoms with Crippen LogP contribution in [0.1, 0.15) is 17.0 Å². The van der Waals surface area contributed by atoms with Crippen molar-refractivity contribution in [2.45, 2.75) is 25.7 Å². The van der Waals surface area contributed by atoms with Gasteiger partial charge in [0.1, 0.15) is 5.75 Å². The second-order valence-electron chi connectivity index (χ2n) is 6.03. The van der Waals surface area contributed by atoms with E-state index in [1.807, 2.05) is 32.0 Å². The molecule has 0 saturated carbocycles. The van der Waals surface area contributed by atoms with Crippen LogP contribution in [0.25, 0.3) is 0 Å². The van der Waals surface area contributed by atoms with Gasteiger partial charge in [-0.05, 0) is 43.2 Å². The molecule has 1 heterocycles. The van der Waals surface area contributed by atoms with Gasteiger partial charge in [-0.1, -0.05) is 58.7 Å². The molecule has 0 atom stereocenters. The topological polar surface area (TPSA) is 77.2 Å². The lowest BCUT2D eigenvalue weighted by atomic mass is 10.1. The quantitative estimate of drug-likeness (QED) is 0.428. The Hall–Kier alpha value is -1.93. The molecule has 1 N–H and O–H groups in total. The van der Waals surface area contributed by atoms with Crippen molar-refractivity contribution in [2.24, 2.45) is 0 Å². The maximum Gasteiger partial charge on any atom is 0.277 e. The molecule has 0 fully saturated rings. The number of rotatable bonds is 7. The number of benzene rings is 2. The van der Waals surface area contributed by atoms with Crippen LogP contribution in [0.15, 0.2) is 40.0 Å². The predicted octanol–water partition coefficient (Wildman–Crippen LogP) is 5.96. The standard InChI is InChI=1S/C19H16Cl3N3O3S/c1-10-4-3-5-15(11(10)2)27-8-17-24-25-19(28-17)29-9-16(26)23-18-13(21)6-12(20)7-14(18)22/h3-7H,8-9H2,1-2H3,(H,23,26). The zero-order chi connectivity index (χ0) is 21.0. The van der Waals surface area contributed by atoms with Crippen LogP contribution < -0.4 is 10.1 Å². The fraction of sp³-hybridized carbons (Fsp3) is 0.211. The Balaban J connectivity index is 1.53. The number of aryl methyl sites for hydroxylation is 1. The summed E-state index contributed by atoms with van der Waals surface area (Å²) in [4.78, 5) is 12.2. The summed E-state index contributed by atoms with van der Waals surface area (Å²) in [7, 11) is 0. The van der Waals surface area contributed by atoms with E-state index < -0.39 is 0 Å². The minimum Gasteiger partial charge on any atom is -0.484 e. The van der Waals surface area contributed by atoms with E-state index in [2.05, 4.69) is 15.5 Å². The number of anilines is 1. The van der Waals surface area contributed by atoms with Crippen molar-refractivity contribution < 1.29 is 13.9 Å². The van der Waals surface area contributed by atoms with E-state index >= 15 is 0 Å². The Labute approximate surface area is 186 Å². The number of thioether (sulfide) groups is 1. The molecular formula is C19H16Cl3N3O3S. The van der Waals surface area contributed by atoms with E-state index in [9.17, 15) is 4.79 Å². The summed E-state index contributed by atoms with van der Waals surface area (Å²) < 4.78 is 11.2. The summed E-state index contributed by atoms with van der Waals surface area (Å²) in [6.45, 7) is 4.14. The van der Waals surface area contributed by atoms with Crippen molar-refractivity contribution in [2.75, 3.05) is 11.1 Å². The van der Waals surface area contributed by atoms with E-state index in [0.29, 0.717) is 16.6 Å². The fourth-order valence-electron chi connectivity index (χ4n) is 2.34. The first-order valence-electron chi connectivity index (χ1n) is 8.42. The lowest BCUT2D eigenvalue weighted by molar-refractivity contribution is -0.113. The van der Waals surface area contributed by atoms with Crippen molar-refractivity contribution in [1.29, 1.82) is 0 Å². The highest BCUT2D eigenvalue weighted by atomic mass is 35.5. The van der Waals surface area contributed by atoms with Crippen LogP contribution in [0, 0.1) is 13.8 Å². The highest BCUT2D eigenvalue weighted by Gasteiger charge is 2.14. The molecule has 2 aromatic carbocycles. The second-order valence-corrected chi connectivity index (χ2v) is 8.21. The zero-order valence-corrected chi connectivity index (χ0v) is 18.5. The molecule has 0 radical (unpaired) electrons. The maximum atomic E-state index is 12.2. The Morgan fingerprint density at radius 2 is 1.90 bits per heavy atom. The van der Waals surface area contributed by atoms with Gasteiger partial charge in [0.25, 0.3) is 11.1 Å². The van der Waals surface area contributed by atoms with E-state index in [1.54, 1.807) is 0 Å². The molecule has 10 heteroatoms. The first kappa shape index (κ1) is 21.8. The molecular weight excluding hydrogens is 457 g/mol. The van der Waals surface area contributed by atoms with Crippen LogP contribution in [0.5, 0.6) is 5.75 Å². The van der Waals surface area contributed by atoms with Crippen molar-refractivity contribution in [3.8, 4) is 5.75 Å². The third-order valence-corrected chi connectivity index (χ3v) is 5.59. The minimum atomic E-state index is -0.326. The normalized spacial score (nSPS) is 10.8. The number of carbonyl (C=O) groups excluding carboxylic acids is 1. The minimum absolute atomic E-state index is 0.0365. The van der Waals surface area contributed by atoms with Gasteiger partial charge in [-0.15, -0.1) is 10.2 Å². The molecule has 29 heavy (non-hydrogen) atoms. The summed E-state index contributed by atoms with van der Waals surface area (Å²) in [6, 6.07) is 8.81. The van der Waals surface area contributed by atoms with Crippen molar-refractivity contribution in [3.63, 3.8) is 0 Å². The Kier molecular flexibility index (Phi) is 7.29. The van der Waals surface area contributed by atoms with Crippen LogP contribution in [0.2, 0.25) is 15.1 Å². The Morgan fingerprint density at radius 3 is 2.62 bits per heavy atom. The number of ether oxygens (including phenoxy) is 1. The van der Waals surface area contributed by atoms with Gasteiger partial charge in [0.2, 0.25) is 5.91 Å². The molecule has 3 rings (SSSR count). The highest BCUT2D eigenvalue weighted by Crippen LogP contribution is 2.33. The largest absolute Gasteiger partial charge is 0.484 e.